The van der Waals surface area contributed by atoms with E-state index in [4.69, 9.17) is 5.73 Å². The van der Waals surface area contributed by atoms with Crippen LogP contribution in [-0.4, -0.2) is 24.8 Å². The Bertz CT molecular complexity index is 136. The van der Waals surface area contributed by atoms with Crippen LogP contribution in [0.5, 0.6) is 0 Å². The van der Waals surface area contributed by atoms with Gasteiger partial charge in [0.05, 0.1) is 0 Å². The first-order chi connectivity index (χ1) is 5.16. The molecule has 4 heteroatoms. The van der Waals surface area contributed by atoms with Crippen molar-refractivity contribution in [2.24, 2.45) is 5.73 Å². The normalized spacial score (nSPS) is 12.5. The van der Waals surface area contributed by atoms with Gasteiger partial charge >= 0.3 is 0 Å². The van der Waals surface area contributed by atoms with Crippen molar-refractivity contribution in [3.63, 3.8) is 0 Å². The van der Waals surface area contributed by atoms with Crippen molar-refractivity contribution in [2.45, 2.75) is 25.8 Å². The average Bonchev–Trinajstić information content (AvgIpc) is 1.86. The molecule has 0 aromatic carbocycles. The number of carbonyl (C=O) groups excluding carboxylic acids is 2. The Labute approximate surface area is 66.1 Å². The second-order valence-corrected chi connectivity index (χ2v) is 2.48. The third kappa shape index (κ3) is 6.99. The topological polar surface area (TPSA) is 72.2 Å². The molecule has 4 nitrogen and oxygen atoms in total. The van der Waals surface area contributed by atoms with Gasteiger partial charge in [-0.05, 0) is 6.92 Å². The van der Waals surface area contributed by atoms with Gasteiger partial charge in [-0.1, -0.05) is 0 Å². The molecule has 1 unspecified atom stereocenters. The van der Waals surface area contributed by atoms with E-state index in [9.17, 15) is 9.59 Å². The smallest absolute Gasteiger partial charge is 0.218 e. The van der Waals surface area contributed by atoms with E-state index in [1.54, 1.807) is 0 Å². The van der Waals surface area contributed by atoms with Gasteiger partial charge in [0.2, 0.25) is 5.91 Å². The molecule has 0 aliphatic heterocycles. The molecule has 11 heavy (non-hydrogen) atoms. The largest absolute Gasteiger partial charge is 0.370 e. The number of hydrogen-bond acceptors (Lipinski definition) is 3. The highest BCUT2D eigenvalue weighted by Crippen LogP contribution is 1.87. The minimum Gasteiger partial charge on any atom is -0.370 e. The molecule has 0 rings (SSSR count). The van der Waals surface area contributed by atoms with Crippen LogP contribution in [0, 0.1) is 0 Å². The van der Waals surface area contributed by atoms with Crippen LogP contribution in [0.1, 0.15) is 19.8 Å². The summed E-state index contributed by atoms with van der Waals surface area (Å²) in [5.74, 6) is -0.323. The van der Waals surface area contributed by atoms with Gasteiger partial charge in [-0.2, -0.15) is 0 Å². The van der Waals surface area contributed by atoms with Crippen molar-refractivity contribution in [3.8, 4) is 0 Å². The van der Waals surface area contributed by atoms with Crippen LogP contribution < -0.4 is 11.1 Å². The lowest BCUT2D eigenvalue weighted by atomic mass is 10.2. The lowest BCUT2D eigenvalue weighted by molar-refractivity contribution is -0.118. The Morgan fingerprint density at radius 1 is 1.73 bits per heavy atom. The zero-order chi connectivity index (χ0) is 8.69. The number of primary amides is 1. The minimum absolute atomic E-state index is 0.0625. The van der Waals surface area contributed by atoms with Gasteiger partial charge in [0.25, 0.3) is 0 Å². The van der Waals surface area contributed by atoms with Crippen molar-refractivity contribution < 1.29 is 9.59 Å². The van der Waals surface area contributed by atoms with Crippen LogP contribution in [0.4, 0.5) is 0 Å². The van der Waals surface area contributed by atoms with E-state index >= 15 is 0 Å². The molecule has 64 valence electrons. The van der Waals surface area contributed by atoms with Crippen molar-refractivity contribution in [2.75, 3.05) is 6.54 Å². The van der Waals surface area contributed by atoms with E-state index in [2.05, 4.69) is 5.32 Å². The molecule has 0 bridgehead atoms. The zero-order valence-electron chi connectivity index (χ0n) is 6.67. The third-order valence-corrected chi connectivity index (χ3v) is 1.26. The quantitative estimate of drug-likeness (QED) is 0.401. The molecule has 0 heterocycles. The van der Waals surface area contributed by atoms with Crippen molar-refractivity contribution in [3.05, 3.63) is 0 Å². The Kier molecular flexibility index (Phi) is 5.37. The highest BCUT2D eigenvalue weighted by Gasteiger charge is 2.03. The molecule has 3 N–H and O–H groups in total. The maximum absolute atomic E-state index is 10.4. The van der Waals surface area contributed by atoms with Gasteiger partial charge in [-0.15, -0.1) is 0 Å². The number of amides is 1. The van der Waals surface area contributed by atoms with Crippen molar-refractivity contribution >= 4 is 12.2 Å². The fourth-order valence-electron chi connectivity index (χ4n) is 0.763. The SMILES string of the molecule is CC(CC(N)=O)NCCC=O. The van der Waals surface area contributed by atoms with Gasteiger partial charge in [0.15, 0.2) is 0 Å². The van der Waals surface area contributed by atoms with Gasteiger partial charge < -0.3 is 15.8 Å². The molecule has 0 saturated heterocycles. The molecule has 1 atom stereocenters. The molecule has 0 spiro atoms. The van der Waals surface area contributed by atoms with E-state index in [1.165, 1.54) is 0 Å². The number of hydrogen-bond donors (Lipinski definition) is 2. The van der Waals surface area contributed by atoms with Crippen LogP contribution in [-0.2, 0) is 9.59 Å². The second kappa shape index (κ2) is 5.85. The molecule has 0 aromatic rings. The summed E-state index contributed by atoms with van der Waals surface area (Å²) < 4.78 is 0. The molecular formula is C7H14N2O2. The highest BCUT2D eigenvalue weighted by molar-refractivity contribution is 5.74. The summed E-state index contributed by atoms with van der Waals surface area (Å²) in [5, 5.41) is 2.98. The van der Waals surface area contributed by atoms with Crippen LogP contribution >= 0.6 is 0 Å². The molecule has 0 fully saturated rings. The summed E-state index contributed by atoms with van der Waals surface area (Å²) in [4.78, 5) is 20.2. The van der Waals surface area contributed by atoms with Crippen LogP contribution in [0.3, 0.4) is 0 Å². The lowest BCUT2D eigenvalue weighted by Crippen LogP contribution is -2.31. The Morgan fingerprint density at radius 3 is 2.82 bits per heavy atom. The predicted octanol–water partition coefficient (Wildman–Crippen LogP) is -0.571. The summed E-state index contributed by atoms with van der Waals surface area (Å²) in [5.41, 5.74) is 4.95. The fraction of sp³-hybridized carbons (Fsp3) is 0.714. The predicted molar refractivity (Wildman–Crippen MR) is 42.0 cm³/mol. The fourth-order valence-corrected chi connectivity index (χ4v) is 0.763. The minimum atomic E-state index is -0.323. The van der Waals surface area contributed by atoms with E-state index in [-0.39, 0.29) is 11.9 Å². The van der Waals surface area contributed by atoms with Crippen molar-refractivity contribution in [1.82, 2.24) is 5.32 Å². The maximum Gasteiger partial charge on any atom is 0.218 e. The highest BCUT2D eigenvalue weighted by atomic mass is 16.1. The number of carbonyl (C=O) groups is 2. The monoisotopic (exact) mass is 158 g/mol. The molecular weight excluding hydrogens is 144 g/mol. The van der Waals surface area contributed by atoms with Crippen LogP contribution in [0.25, 0.3) is 0 Å². The number of aldehydes is 1. The summed E-state index contributed by atoms with van der Waals surface area (Å²) in [6.45, 7) is 2.47. The van der Waals surface area contributed by atoms with Crippen LogP contribution in [0.2, 0.25) is 0 Å². The van der Waals surface area contributed by atoms with Gasteiger partial charge in [-0.25, -0.2) is 0 Å². The zero-order valence-corrected chi connectivity index (χ0v) is 6.67. The van der Waals surface area contributed by atoms with Crippen molar-refractivity contribution in [1.29, 1.82) is 0 Å². The van der Waals surface area contributed by atoms with Crippen LogP contribution in [0.15, 0.2) is 0 Å². The molecule has 0 aromatic heterocycles. The second-order valence-electron chi connectivity index (χ2n) is 2.48. The Hall–Kier alpha value is -0.900. The molecule has 1 amide bonds. The summed E-state index contributed by atoms with van der Waals surface area (Å²) >= 11 is 0. The summed E-state index contributed by atoms with van der Waals surface area (Å²) in [6.07, 6.45) is 1.63. The molecule has 0 saturated carbocycles. The van der Waals surface area contributed by atoms with E-state index in [1.807, 2.05) is 6.92 Å². The lowest BCUT2D eigenvalue weighted by Gasteiger charge is -2.09. The molecule has 0 aliphatic rings. The van der Waals surface area contributed by atoms with E-state index in [0.717, 1.165) is 6.29 Å². The Balaban J connectivity index is 3.28. The van der Waals surface area contributed by atoms with Gasteiger partial charge in [0.1, 0.15) is 6.29 Å². The molecule has 0 radical (unpaired) electrons. The van der Waals surface area contributed by atoms with E-state index < -0.39 is 0 Å². The first kappa shape index (κ1) is 10.1. The summed E-state index contributed by atoms with van der Waals surface area (Å²) in [6, 6.07) is 0.0625. The standard InChI is InChI=1S/C7H14N2O2/c1-6(5-7(8)11)9-3-2-4-10/h4,6,9H,2-3,5H2,1H3,(H2,8,11). The summed E-state index contributed by atoms with van der Waals surface area (Å²) in [7, 11) is 0. The first-order valence-corrected chi connectivity index (χ1v) is 3.62. The van der Waals surface area contributed by atoms with Gasteiger partial charge in [-0.3, -0.25) is 4.79 Å². The number of nitrogens with one attached hydrogen (secondary N) is 1. The Morgan fingerprint density at radius 2 is 2.36 bits per heavy atom. The average molecular weight is 158 g/mol. The first-order valence-electron chi connectivity index (χ1n) is 3.62. The van der Waals surface area contributed by atoms with Gasteiger partial charge in [0, 0.05) is 25.4 Å². The third-order valence-electron chi connectivity index (χ3n) is 1.26. The maximum atomic E-state index is 10.4. The number of rotatable bonds is 6. The van der Waals surface area contributed by atoms with E-state index in [0.29, 0.717) is 19.4 Å². The molecule has 0 aliphatic carbocycles. The number of nitrogens with two attached hydrogens (primary N) is 1.